The van der Waals surface area contributed by atoms with Crippen LogP contribution in [0.1, 0.15) is 105 Å². The van der Waals surface area contributed by atoms with E-state index in [1.54, 1.807) is 4.90 Å². The van der Waals surface area contributed by atoms with Gasteiger partial charge in [0.1, 0.15) is 17.8 Å². The molecule has 0 aromatic carbocycles. The highest BCUT2D eigenvalue weighted by molar-refractivity contribution is 7.58. The van der Waals surface area contributed by atoms with Gasteiger partial charge in [-0.15, -0.1) is 0 Å². The van der Waals surface area contributed by atoms with E-state index in [1.807, 2.05) is 34.6 Å². The van der Waals surface area contributed by atoms with Crippen LogP contribution in [-0.2, 0) is 31.8 Å². The Morgan fingerprint density at radius 1 is 0.913 bits per heavy atom. The van der Waals surface area contributed by atoms with Crippen LogP contribution in [0.15, 0.2) is 0 Å². The highest BCUT2D eigenvalue weighted by Gasteiger charge is 2.48. The smallest absolute Gasteiger partial charge is 0.315 e. The molecule has 46 heavy (non-hydrogen) atoms. The van der Waals surface area contributed by atoms with Crippen molar-refractivity contribution in [2.45, 2.75) is 129 Å². The number of ketones is 1. The number of nitrogens with one attached hydrogen (secondary N) is 4. The Kier molecular flexibility index (Phi) is 14.7. The molecule has 3 rings (SSSR count). The van der Waals surface area contributed by atoms with Crippen LogP contribution in [-0.4, -0.2) is 84.0 Å². The summed E-state index contributed by atoms with van der Waals surface area (Å²) in [6, 6.07) is -3.16. The summed E-state index contributed by atoms with van der Waals surface area (Å²) in [6.45, 7) is 11.6. The summed E-state index contributed by atoms with van der Waals surface area (Å²) in [5, 5.41) is 12.5. The number of amides is 5. The number of primary amides is 1. The second kappa shape index (κ2) is 17.7. The van der Waals surface area contributed by atoms with Crippen LogP contribution < -0.4 is 27.0 Å². The molecule has 0 aromatic heterocycles. The third-order valence-corrected chi connectivity index (χ3v) is 10.4. The summed E-state index contributed by atoms with van der Waals surface area (Å²) < 4.78 is 0. The number of rotatable bonds is 17. The molecule has 6 N–H and O–H groups in total. The number of likely N-dealkylation sites (tertiary alicyclic amines) is 1. The van der Waals surface area contributed by atoms with Gasteiger partial charge < -0.3 is 31.9 Å². The van der Waals surface area contributed by atoms with Gasteiger partial charge in [-0.05, 0) is 86.8 Å². The zero-order valence-electron chi connectivity index (χ0n) is 28.8. The van der Waals surface area contributed by atoms with E-state index in [1.165, 1.54) is 6.42 Å². The van der Waals surface area contributed by atoms with Gasteiger partial charge >= 0.3 is 6.03 Å². The number of Topliss-reactive ketones (excluding diaryl/α,β-unsaturated/α-hetero) is 1. The molecule has 1 unspecified atom stereocenters. The van der Waals surface area contributed by atoms with Crippen LogP contribution in [0.25, 0.3) is 0 Å². The van der Waals surface area contributed by atoms with E-state index in [0.29, 0.717) is 31.8 Å². The van der Waals surface area contributed by atoms with E-state index >= 15 is 0 Å². The van der Waals surface area contributed by atoms with Gasteiger partial charge in [0, 0.05) is 19.1 Å². The quantitative estimate of drug-likeness (QED) is 0.0910. The van der Waals surface area contributed by atoms with Gasteiger partial charge in [0.25, 0.3) is 5.91 Å². The fourth-order valence-electron chi connectivity index (χ4n) is 7.10. The molecule has 0 bridgehead atoms. The lowest BCUT2D eigenvalue weighted by Crippen LogP contribution is -2.62. The topological polar surface area (TPSA) is 163 Å². The highest BCUT2D eigenvalue weighted by Crippen LogP contribution is 2.36. The van der Waals surface area contributed by atoms with Crippen LogP contribution in [0.5, 0.6) is 0 Å². The molecule has 12 heteroatoms. The van der Waals surface area contributed by atoms with E-state index in [2.05, 4.69) is 33.9 Å². The summed E-state index contributed by atoms with van der Waals surface area (Å²) in [6.07, 6.45) is 10.6. The van der Waals surface area contributed by atoms with E-state index in [-0.39, 0.29) is 35.7 Å². The lowest BCUT2D eigenvalue weighted by molar-refractivity contribution is -0.144. The summed E-state index contributed by atoms with van der Waals surface area (Å²) in [4.78, 5) is 67.8. The van der Waals surface area contributed by atoms with Gasteiger partial charge in [-0.3, -0.25) is 19.2 Å². The summed E-state index contributed by atoms with van der Waals surface area (Å²) in [5.41, 5.74) is 4.68. The van der Waals surface area contributed by atoms with E-state index < -0.39 is 41.1 Å². The minimum absolute atomic E-state index is 0.0543. The van der Waals surface area contributed by atoms with Crippen LogP contribution >= 0.6 is 0 Å². The van der Waals surface area contributed by atoms with Crippen molar-refractivity contribution in [2.75, 3.05) is 25.4 Å². The zero-order valence-corrected chi connectivity index (χ0v) is 29.8. The van der Waals surface area contributed by atoms with Gasteiger partial charge in [-0.2, -0.15) is 0 Å². The first kappa shape index (κ1) is 38.1. The number of carbonyl (C=O) groups is 5. The van der Waals surface area contributed by atoms with Crippen molar-refractivity contribution in [1.82, 2.24) is 26.2 Å². The average molecular weight is 666 g/mol. The van der Waals surface area contributed by atoms with E-state index in [4.69, 9.17) is 5.73 Å². The molecule has 2 aliphatic carbocycles. The Hall–Kier alpha value is -2.34. The maximum Gasteiger partial charge on any atom is 0.315 e. The molecule has 0 aromatic rings. The number of unbranched alkanes of at least 4 members (excludes halogenated alkanes) is 1. The van der Waals surface area contributed by atoms with Crippen molar-refractivity contribution in [3.05, 3.63) is 0 Å². The Morgan fingerprint density at radius 3 is 2.15 bits per heavy atom. The average Bonchev–Trinajstić information content (AvgIpc) is 3.70. The first-order valence-electron chi connectivity index (χ1n) is 17.6. The van der Waals surface area contributed by atoms with Crippen LogP contribution in [0.2, 0.25) is 0 Å². The number of nitrogens with two attached hydrogens (primary N) is 1. The minimum Gasteiger partial charge on any atom is -0.363 e. The summed E-state index contributed by atoms with van der Waals surface area (Å²) >= 11 is 3.53. The molecule has 11 nitrogen and oxygen atoms in total. The van der Waals surface area contributed by atoms with Gasteiger partial charge in [0.2, 0.25) is 17.6 Å². The lowest BCUT2D eigenvalue weighted by atomic mass is 9.83. The van der Waals surface area contributed by atoms with Gasteiger partial charge in [-0.25, -0.2) is 4.79 Å². The first-order valence-corrected chi connectivity index (χ1v) is 18.3. The Labute approximate surface area is 281 Å². The first-order chi connectivity index (χ1) is 21.7. The fraction of sp³-hybridized carbons (Fsp3) is 0.853. The summed E-state index contributed by atoms with van der Waals surface area (Å²) in [5.74, 6) is -1.12. The standard InChI is InChI=1S/C34H60N6O5S/c1-21(2)24-15-17-40(27(24)31(43)37-25(19-22-13-14-22)28(41)30(35)42)32(44)29(34(3,4)5)39-33(45)38-26(20-36-16-9-10-18-46)23-11-7-6-8-12-23/h21-27,29,36,46H,6-20H2,1-5H3,(H2,35,42)(H,37,43)(H2,38,39,45)/p+1/t24-,25?,26-,27+,29-/m1/s1. The molecule has 0 spiro atoms. The fourth-order valence-corrected chi connectivity index (χ4v) is 7.35. The van der Waals surface area contributed by atoms with Crippen LogP contribution in [0.4, 0.5) is 4.79 Å². The molecular formula is C34H61N6O5S+. The molecule has 1 saturated heterocycles. The molecule has 5 amide bonds. The zero-order chi connectivity index (χ0) is 34.0. The van der Waals surface area contributed by atoms with Gasteiger partial charge in [0.15, 0.2) is 0 Å². The van der Waals surface area contributed by atoms with Crippen molar-refractivity contribution in [3.8, 4) is 0 Å². The van der Waals surface area contributed by atoms with Crippen molar-refractivity contribution in [2.24, 2.45) is 34.8 Å². The molecular weight excluding hydrogens is 604 g/mol. The number of hydrogen-bond donors (Lipinski definition) is 5. The number of hydrogen-bond acceptors (Lipinski definition) is 6. The van der Waals surface area contributed by atoms with Crippen molar-refractivity contribution < 1.29 is 24.0 Å². The second-order valence-electron chi connectivity index (χ2n) is 15.2. The molecule has 5 atom stereocenters. The molecule has 3 fully saturated rings. The third-order valence-electron chi connectivity index (χ3n) is 10.1. The Bertz CT molecular complexity index is 1060. The van der Waals surface area contributed by atoms with Gasteiger partial charge in [-0.1, -0.05) is 66.7 Å². The second-order valence-corrected chi connectivity index (χ2v) is 15.7. The SMILES string of the molecule is CC(C)[C@H]1CCN(C(=O)[C@@H](NC(=O)N[C@H](CNCCCC[SH2+])C2CCCCC2)C(C)(C)C)[C@@H]1C(=O)NC(CC1CC1)C(=O)C(N)=O. The van der Waals surface area contributed by atoms with Crippen LogP contribution in [0.3, 0.4) is 0 Å². The highest BCUT2D eigenvalue weighted by atomic mass is 32.1. The van der Waals surface area contributed by atoms with Crippen molar-refractivity contribution >= 4 is 42.2 Å². The predicted molar refractivity (Wildman–Crippen MR) is 184 cm³/mol. The predicted octanol–water partition coefficient (Wildman–Crippen LogP) is 2.24. The molecule has 2 saturated carbocycles. The maximum atomic E-state index is 14.3. The lowest BCUT2D eigenvalue weighted by Gasteiger charge is -2.38. The molecule has 1 aliphatic heterocycles. The number of carbonyl (C=O) groups excluding carboxylic acids is 5. The van der Waals surface area contributed by atoms with Crippen LogP contribution in [0, 0.1) is 29.1 Å². The molecule has 0 radical (unpaired) electrons. The van der Waals surface area contributed by atoms with E-state index in [0.717, 1.165) is 63.7 Å². The maximum absolute atomic E-state index is 14.3. The Balaban J connectivity index is 1.76. The largest absolute Gasteiger partial charge is 0.363 e. The summed E-state index contributed by atoms with van der Waals surface area (Å²) in [7, 11) is 0. The number of nitrogens with zero attached hydrogens (tertiary/aromatic N) is 1. The Morgan fingerprint density at radius 2 is 1.59 bits per heavy atom. The third kappa shape index (κ3) is 11.1. The normalized spacial score (nSPS) is 22.6. The minimum atomic E-state index is -1.07. The van der Waals surface area contributed by atoms with Crippen molar-refractivity contribution in [1.29, 1.82) is 0 Å². The molecule has 262 valence electrons. The molecule has 1 heterocycles. The van der Waals surface area contributed by atoms with E-state index in [9.17, 15) is 24.0 Å². The van der Waals surface area contributed by atoms with Crippen molar-refractivity contribution in [3.63, 3.8) is 0 Å². The number of urea groups is 1. The van der Waals surface area contributed by atoms with Gasteiger partial charge in [0.05, 0.1) is 6.04 Å². The molecule has 3 aliphatic rings. The monoisotopic (exact) mass is 665 g/mol.